The van der Waals surface area contributed by atoms with Crippen LogP contribution in [0.1, 0.15) is 40.0 Å². The number of rotatable bonds is 4. The van der Waals surface area contributed by atoms with E-state index in [4.69, 9.17) is 4.74 Å². The third-order valence-corrected chi connectivity index (χ3v) is 5.64. The van der Waals surface area contributed by atoms with E-state index in [9.17, 15) is 0 Å². The fourth-order valence-corrected chi connectivity index (χ4v) is 3.79. The van der Waals surface area contributed by atoms with E-state index >= 15 is 0 Å². The molecule has 2 rings (SSSR count). The van der Waals surface area contributed by atoms with Gasteiger partial charge in [-0.25, -0.2) is 0 Å². The minimum atomic E-state index is 0.430. The highest BCUT2D eigenvalue weighted by Gasteiger charge is 2.61. The van der Waals surface area contributed by atoms with Gasteiger partial charge in [0.1, 0.15) is 6.54 Å². The molecule has 2 saturated carbocycles. The van der Waals surface area contributed by atoms with Crippen LogP contribution in [0.2, 0.25) is 0 Å². The van der Waals surface area contributed by atoms with Gasteiger partial charge in [-0.15, -0.1) is 0 Å². The van der Waals surface area contributed by atoms with Crippen molar-refractivity contribution >= 4 is 0 Å². The molecule has 2 nitrogen and oxygen atoms in total. The molecule has 2 fully saturated rings. The lowest BCUT2D eigenvalue weighted by Gasteiger charge is -2.38. The van der Waals surface area contributed by atoms with Gasteiger partial charge in [-0.3, -0.25) is 0 Å². The van der Waals surface area contributed by atoms with Crippen LogP contribution in [-0.4, -0.2) is 33.4 Å². The Bertz CT molecular complexity index is 261. The summed E-state index contributed by atoms with van der Waals surface area (Å²) in [6.07, 6.45) is 4.60. The molecule has 0 radical (unpaired) electrons. The van der Waals surface area contributed by atoms with Crippen molar-refractivity contribution in [3.63, 3.8) is 0 Å². The monoisotopic (exact) mass is 226 g/mol. The van der Waals surface area contributed by atoms with Crippen molar-refractivity contribution in [2.75, 3.05) is 27.2 Å². The third-order valence-electron chi connectivity index (χ3n) is 5.64. The number of fused-ring (bicyclic) bond motifs is 2. The van der Waals surface area contributed by atoms with E-state index in [2.05, 4.69) is 34.9 Å². The first-order valence-electron chi connectivity index (χ1n) is 6.78. The molecule has 2 heteroatoms. The van der Waals surface area contributed by atoms with Crippen molar-refractivity contribution in [3.8, 4) is 0 Å². The molecule has 94 valence electrons. The van der Waals surface area contributed by atoms with Crippen LogP contribution >= 0.6 is 0 Å². The maximum absolute atomic E-state index is 6.17. The molecule has 2 aliphatic carbocycles. The van der Waals surface area contributed by atoms with E-state index in [0.29, 0.717) is 16.9 Å². The molecule has 0 amide bonds. The highest BCUT2D eigenvalue weighted by molar-refractivity contribution is 5.11. The Kier molecular flexibility index (Phi) is 3.09. The van der Waals surface area contributed by atoms with E-state index in [1.54, 1.807) is 0 Å². The maximum Gasteiger partial charge on any atom is 0.100 e. The molecular formula is C14H28NO+. The van der Waals surface area contributed by atoms with E-state index in [1.165, 1.54) is 24.2 Å². The van der Waals surface area contributed by atoms with Gasteiger partial charge in [0.25, 0.3) is 0 Å². The average Bonchev–Trinajstić information content (AvgIpc) is 2.49. The summed E-state index contributed by atoms with van der Waals surface area (Å²) in [6, 6.07) is 0. The van der Waals surface area contributed by atoms with Crippen molar-refractivity contribution < 1.29 is 9.64 Å². The second kappa shape index (κ2) is 3.99. The lowest BCUT2D eigenvalue weighted by atomic mass is 9.70. The minimum absolute atomic E-state index is 0.430. The van der Waals surface area contributed by atoms with Crippen LogP contribution in [0.15, 0.2) is 0 Å². The van der Waals surface area contributed by atoms with Crippen LogP contribution in [0.5, 0.6) is 0 Å². The topological polar surface area (TPSA) is 13.7 Å². The number of ether oxygens (including phenoxy) is 1. The summed E-state index contributed by atoms with van der Waals surface area (Å²) in [5, 5.41) is 0. The highest BCUT2D eigenvalue weighted by atomic mass is 16.5. The molecule has 0 aromatic rings. The normalized spacial score (nSPS) is 40.9. The quantitative estimate of drug-likeness (QED) is 0.764. The van der Waals surface area contributed by atoms with Crippen molar-refractivity contribution in [2.24, 2.45) is 16.7 Å². The lowest BCUT2D eigenvalue weighted by Crippen LogP contribution is -3.06. The van der Waals surface area contributed by atoms with Crippen molar-refractivity contribution in [2.45, 2.75) is 46.1 Å². The lowest BCUT2D eigenvalue weighted by molar-refractivity contribution is -0.858. The zero-order valence-corrected chi connectivity index (χ0v) is 11.6. The van der Waals surface area contributed by atoms with Gasteiger partial charge in [0.2, 0.25) is 0 Å². The van der Waals surface area contributed by atoms with E-state index in [0.717, 1.165) is 19.1 Å². The second-order valence-electron chi connectivity index (χ2n) is 6.93. The zero-order chi connectivity index (χ0) is 12.0. The summed E-state index contributed by atoms with van der Waals surface area (Å²) in [4.78, 5) is 1.48. The Morgan fingerprint density at radius 3 is 2.38 bits per heavy atom. The van der Waals surface area contributed by atoms with Crippen molar-refractivity contribution in [1.29, 1.82) is 0 Å². The van der Waals surface area contributed by atoms with Gasteiger partial charge in [-0.1, -0.05) is 20.8 Å². The van der Waals surface area contributed by atoms with Crippen LogP contribution in [0.4, 0.5) is 0 Å². The van der Waals surface area contributed by atoms with Gasteiger partial charge in [-0.2, -0.15) is 0 Å². The largest absolute Gasteiger partial charge is 0.372 e. The Balaban J connectivity index is 1.94. The van der Waals surface area contributed by atoms with E-state index in [-0.39, 0.29) is 0 Å². The summed E-state index contributed by atoms with van der Waals surface area (Å²) in [5.74, 6) is 0.897. The molecule has 0 aromatic heterocycles. The SMILES string of the molecule is C[NH+](C)CCO[C@H]1C[C@@H]2CC[C@@]1(C)C2(C)C. The summed E-state index contributed by atoms with van der Waals surface area (Å²) in [6.45, 7) is 9.40. The van der Waals surface area contributed by atoms with E-state index in [1.807, 2.05) is 0 Å². The molecule has 2 bridgehead atoms. The fraction of sp³-hybridized carbons (Fsp3) is 1.00. The molecule has 1 N–H and O–H groups in total. The van der Waals surface area contributed by atoms with Crippen LogP contribution in [0.3, 0.4) is 0 Å². The Hall–Kier alpha value is -0.0800. The van der Waals surface area contributed by atoms with E-state index < -0.39 is 0 Å². The van der Waals surface area contributed by atoms with Crippen molar-refractivity contribution in [3.05, 3.63) is 0 Å². The number of hydrogen-bond acceptors (Lipinski definition) is 1. The smallest absolute Gasteiger partial charge is 0.100 e. The zero-order valence-electron chi connectivity index (χ0n) is 11.6. The molecule has 0 heterocycles. The maximum atomic E-state index is 6.17. The predicted octanol–water partition coefficient (Wildman–Crippen LogP) is 1.36. The van der Waals surface area contributed by atoms with Crippen molar-refractivity contribution in [1.82, 2.24) is 0 Å². The van der Waals surface area contributed by atoms with Crippen LogP contribution in [0.25, 0.3) is 0 Å². The molecule has 0 spiro atoms. The Morgan fingerprint density at radius 2 is 1.94 bits per heavy atom. The molecule has 0 aliphatic heterocycles. The first kappa shape index (κ1) is 12.4. The molecule has 2 aliphatic rings. The summed E-state index contributed by atoms with van der Waals surface area (Å²) < 4.78 is 6.17. The van der Waals surface area contributed by atoms with Gasteiger partial charge in [-0.05, 0) is 36.0 Å². The Morgan fingerprint density at radius 1 is 1.25 bits per heavy atom. The molecule has 0 aromatic carbocycles. The Labute approximate surface area is 100 Å². The summed E-state index contributed by atoms with van der Waals surface area (Å²) >= 11 is 0. The molecule has 3 atom stereocenters. The number of hydrogen-bond donors (Lipinski definition) is 1. The number of likely N-dealkylation sites (N-methyl/N-ethyl adjacent to an activating group) is 1. The van der Waals surface area contributed by atoms with Gasteiger partial charge in [0.05, 0.1) is 26.8 Å². The second-order valence-corrected chi connectivity index (χ2v) is 6.93. The summed E-state index contributed by atoms with van der Waals surface area (Å²) in [7, 11) is 4.38. The van der Waals surface area contributed by atoms with Crippen LogP contribution < -0.4 is 4.90 Å². The molecule has 16 heavy (non-hydrogen) atoms. The predicted molar refractivity (Wildman–Crippen MR) is 66.6 cm³/mol. The minimum Gasteiger partial charge on any atom is -0.372 e. The third kappa shape index (κ3) is 1.70. The number of nitrogens with one attached hydrogen (secondary N) is 1. The molecule has 0 saturated heterocycles. The van der Waals surface area contributed by atoms with Gasteiger partial charge < -0.3 is 9.64 Å². The van der Waals surface area contributed by atoms with Crippen LogP contribution in [0, 0.1) is 16.7 Å². The molecule has 0 unspecified atom stereocenters. The first-order chi connectivity index (χ1) is 7.38. The summed E-state index contributed by atoms with van der Waals surface area (Å²) in [5.41, 5.74) is 0.919. The van der Waals surface area contributed by atoms with Gasteiger partial charge >= 0.3 is 0 Å². The van der Waals surface area contributed by atoms with Crippen LogP contribution in [-0.2, 0) is 4.74 Å². The number of quaternary nitrogens is 1. The van der Waals surface area contributed by atoms with Gasteiger partial charge in [0.15, 0.2) is 0 Å². The average molecular weight is 226 g/mol. The first-order valence-corrected chi connectivity index (χ1v) is 6.78. The van der Waals surface area contributed by atoms with Gasteiger partial charge in [0, 0.05) is 0 Å². The highest BCUT2D eigenvalue weighted by Crippen LogP contribution is 2.66. The molecular weight excluding hydrogens is 198 g/mol. The fourth-order valence-electron chi connectivity index (χ4n) is 3.79. The standard InChI is InChI=1S/C14H27NO/c1-13(2)11-6-7-14(13,3)12(10-11)16-9-8-15(4)5/h11-12H,6-10H2,1-5H3/p+1/t11-,12-,14+/m0/s1.